The lowest BCUT2D eigenvalue weighted by Crippen LogP contribution is -2.23. The lowest BCUT2D eigenvalue weighted by atomic mass is 10.1. The Morgan fingerprint density at radius 3 is 2.76 bits per heavy atom. The highest BCUT2D eigenvalue weighted by Crippen LogP contribution is 2.29. The van der Waals surface area contributed by atoms with Gasteiger partial charge in [-0.1, -0.05) is 42.1 Å². The molecule has 5 nitrogen and oxygen atoms in total. The van der Waals surface area contributed by atoms with Crippen molar-refractivity contribution >= 4 is 23.4 Å². The minimum atomic E-state index is -0.420. The summed E-state index contributed by atoms with van der Waals surface area (Å²) >= 11 is 1.28. The molecule has 0 fully saturated rings. The molecule has 0 aliphatic carbocycles. The summed E-state index contributed by atoms with van der Waals surface area (Å²) in [6.45, 7) is 9.91. The molecule has 0 spiro atoms. The molecular weight excluding hydrogens is 387 g/mol. The van der Waals surface area contributed by atoms with Crippen LogP contribution in [0.2, 0.25) is 0 Å². The average Bonchev–Trinajstić information content (AvgIpc) is 3.07. The Balaban J connectivity index is 1.82. The van der Waals surface area contributed by atoms with Crippen molar-refractivity contribution in [3.63, 3.8) is 0 Å². The van der Waals surface area contributed by atoms with Crippen LogP contribution in [0.1, 0.15) is 18.1 Å². The van der Waals surface area contributed by atoms with Crippen LogP contribution in [0.5, 0.6) is 0 Å². The fraction of sp³-hybridized carbons (Fsp3) is 0.227. The number of aromatic nitrogens is 3. The second-order valence-corrected chi connectivity index (χ2v) is 8.06. The quantitative estimate of drug-likeness (QED) is 0.440. The first-order valence-electron chi connectivity index (χ1n) is 9.24. The Hall–Kier alpha value is -2.93. The van der Waals surface area contributed by atoms with E-state index in [1.54, 1.807) is 35.8 Å². The lowest BCUT2D eigenvalue weighted by molar-refractivity contribution is -0.115. The topological polar surface area (TPSA) is 59.8 Å². The number of anilines is 1. The Kier molecular flexibility index (Phi) is 6.49. The molecule has 0 saturated carbocycles. The summed E-state index contributed by atoms with van der Waals surface area (Å²) in [6.07, 6.45) is 1.69. The van der Waals surface area contributed by atoms with E-state index in [9.17, 15) is 9.18 Å². The molecule has 1 atom stereocenters. The molecule has 1 amide bonds. The van der Waals surface area contributed by atoms with E-state index in [1.807, 2.05) is 32.0 Å². The first-order chi connectivity index (χ1) is 13.9. The third-order valence-electron chi connectivity index (χ3n) is 4.45. The van der Waals surface area contributed by atoms with Crippen LogP contribution in [0.4, 0.5) is 10.1 Å². The molecule has 1 aromatic heterocycles. The summed E-state index contributed by atoms with van der Waals surface area (Å²) in [5, 5.41) is 11.4. The molecule has 3 rings (SSSR count). The van der Waals surface area contributed by atoms with Crippen LogP contribution >= 0.6 is 11.8 Å². The zero-order chi connectivity index (χ0) is 21.0. The number of hydrogen-bond acceptors (Lipinski definition) is 4. The largest absolute Gasteiger partial charge is 0.325 e. The van der Waals surface area contributed by atoms with E-state index >= 15 is 0 Å². The first kappa shape index (κ1) is 20.8. The molecule has 1 unspecified atom stereocenters. The van der Waals surface area contributed by atoms with E-state index in [0.29, 0.717) is 23.1 Å². The van der Waals surface area contributed by atoms with Crippen LogP contribution in [0.15, 0.2) is 60.3 Å². The smallest absolute Gasteiger partial charge is 0.237 e. The van der Waals surface area contributed by atoms with Gasteiger partial charge >= 0.3 is 0 Å². The van der Waals surface area contributed by atoms with Gasteiger partial charge in [0.25, 0.3) is 0 Å². The van der Waals surface area contributed by atoms with E-state index in [0.717, 1.165) is 16.8 Å². The highest BCUT2D eigenvalue weighted by Gasteiger charge is 2.22. The molecule has 150 valence electrons. The van der Waals surface area contributed by atoms with E-state index < -0.39 is 5.25 Å². The van der Waals surface area contributed by atoms with Crippen molar-refractivity contribution in [2.75, 3.05) is 5.32 Å². The van der Waals surface area contributed by atoms with Gasteiger partial charge in [-0.05, 0) is 50.1 Å². The Morgan fingerprint density at radius 1 is 1.28 bits per heavy atom. The molecule has 29 heavy (non-hydrogen) atoms. The van der Waals surface area contributed by atoms with Crippen molar-refractivity contribution in [3.05, 3.63) is 72.1 Å². The second kappa shape index (κ2) is 9.05. The number of rotatable bonds is 7. The predicted molar refractivity (Wildman–Crippen MR) is 115 cm³/mol. The van der Waals surface area contributed by atoms with Crippen molar-refractivity contribution in [2.24, 2.45) is 0 Å². The van der Waals surface area contributed by atoms with Gasteiger partial charge < -0.3 is 5.32 Å². The minimum absolute atomic E-state index is 0.135. The van der Waals surface area contributed by atoms with Gasteiger partial charge in [-0.25, -0.2) is 4.39 Å². The van der Waals surface area contributed by atoms with Crippen LogP contribution in [0.3, 0.4) is 0 Å². The molecule has 1 N–H and O–H groups in total. The Morgan fingerprint density at radius 2 is 2.03 bits per heavy atom. The summed E-state index contributed by atoms with van der Waals surface area (Å²) in [4.78, 5) is 12.7. The molecule has 3 aromatic rings. The first-order valence-corrected chi connectivity index (χ1v) is 10.1. The number of thioether (sulfide) groups is 1. The fourth-order valence-electron chi connectivity index (χ4n) is 2.83. The number of amides is 1. The van der Waals surface area contributed by atoms with Gasteiger partial charge in [0.1, 0.15) is 5.82 Å². The third kappa shape index (κ3) is 4.74. The molecule has 0 bridgehead atoms. The van der Waals surface area contributed by atoms with Crippen LogP contribution < -0.4 is 5.32 Å². The number of nitrogens with zero attached hydrogens (tertiary/aromatic N) is 3. The van der Waals surface area contributed by atoms with E-state index in [2.05, 4.69) is 22.1 Å². The summed E-state index contributed by atoms with van der Waals surface area (Å²) in [5.74, 6) is -0.0978. The number of nitrogens with one attached hydrogen (secondary N) is 1. The summed E-state index contributed by atoms with van der Waals surface area (Å²) in [6, 6.07) is 12.3. The highest BCUT2D eigenvalue weighted by molar-refractivity contribution is 8.00. The standard InChI is InChI=1S/C22H23FN4OS/c1-5-12-27-20(17-8-6-7-9-18(17)23)25-26-22(27)29-16(4)21(28)24-19-13-14(2)10-11-15(19)3/h5-11,13,16H,1,12H2,2-4H3,(H,24,28). The zero-order valence-electron chi connectivity index (χ0n) is 16.6. The van der Waals surface area contributed by atoms with Gasteiger partial charge in [-0.15, -0.1) is 16.8 Å². The maximum absolute atomic E-state index is 14.2. The number of carbonyl (C=O) groups is 1. The molecular formula is C22H23FN4OS. The number of halogens is 1. The van der Waals surface area contributed by atoms with Gasteiger partial charge in [0, 0.05) is 12.2 Å². The predicted octanol–water partition coefficient (Wildman–Crippen LogP) is 5.01. The summed E-state index contributed by atoms with van der Waals surface area (Å²) < 4.78 is 16.0. The van der Waals surface area contributed by atoms with Gasteiger partial charge in [0.2, 0.25) is 5.91 Å². The Bertz CT molecular complexity index is 1050. The van der Waals surface area contributed by atoms with Crippen molar-refractivity contribution in [1.29, 1.82) is 0 Å². The number of hydrogen-bond donors (Lipinski definition) is 1. The molecule has 0 aliphatic rings. The average molecular weight is 411 g/mol. The number of benzene rings is 2. The van der Waals surface area contributed by atoms with Crippen molar-refractivity contribution < 1.29 is 9.18 Å². The van der Waals surface area contributed by atoms with E-state index in [-0.39, 0.29) is 11.7 Å². The molecule has 2 aromatic carbocycles. The van der Waals surface area contributed by atoms with Crippen LogP contribution in [-0.2, 0) is 11.3 Å². The molecule has 0 saturated heterocycles. The summed E-state index contributed by atoms with van der Waals surface area (Å²) in [7, 11) is 0. The van der Waals surface area contributed by atoms with Crippen molar-refractivity contribution in [2.45, 2.75) is 37.7 Å². The molecule has 7 heteroatoms. The van der Waals surface area contributed by atoms with Crippen LogP contribution in [0.25, 0.3) is 11.4 Å². The van der Waals surface area contributed by atoms with Crippen LogP contribution in [-0.4, -0.2) is 25.9 Å². The third-order valence-corrected chi connectivity index (χ3v) is 5.53. The van der Waals surface area contributed by atoms with Crippen molar-refractivity contribution in [1.82, 2.24) is 14.8 Å². The number of allylic oxidation sites excluding steroid dienone is 1. The van der Waals surface area contributed by atoms with Crippen molar-refractivity contribution in [3.8, 4) is 11.4 Å². The SMILES string of the molecule is C=CCn1c(SC(C)C(=O)Nc2cc(C)ccc2C)nnc1-c1ccccc1F. The fourth-order valence-corrected chi connectivity index (χ4v) is 3.69. The van der Waals surface area contributed by atoms with Gasteiger partial charge in [0.15, 0.2) is 11.0 Å². The Labute approximate surface area is 174 Å². The second-order valence-electron chi connectivity index (χ2n) is 6.75. The number of aryl methyl sites for hydroxylation is 2. The van der Waals surface area contributed by atoms with Gasteiger partial charge in [-0.2, -0.15) is 0 Å². The van der Waals surface area contributed by atoms with Crippen LogP contribution in [0, 0.1) is 19.7 Å². The summed E-state index contributed by atoms with van der Waals surface area (Å²) in [5.41, 5.74) is 3.23. The maximum atomic E-state index is 14.2. The van der Waals surface area contributed by atoms with E-state index in [1.165, 1.54) is 17.8 Å². The van der Waals surface area contributed by atoms with Gasteiger partial charge in [-0.3, -0.25) is 9.36 Å². The minimum Gasteiger partial charge on any atom is -0.325 e. The maximum Gasteiger partial charge on any atom is 0.237 e. The zero-order valence-corrected chi connectivity index (χ0v) is 17.5. The lowest BCUT2D eigenvalue weighted by Gasteiger charge is -2.14. The van der Waals surface area contributed by atoms with Gasteiger partial charge in [0.05, 0.1) is 10.8 Å². The molecule has 0 aliphatic heterocycles. The normalized spacial score (nSPS) is 11.9. The number of carbonyl (C=O) groups excluding carboxylic acids is 1. The monoisotopic (exact) mass is 410 g/mol. The van der Waals surface area contributed by atoms with E-state index in [4.69, 9.17) is 0 Å². The molecule has 1 heterocycles. The highest BCUT2D eigenvalue weighted by atomic mass is 32.2. The molecule has 0 radical (unpaired) electrons.